The van der Waals surface area contributed by atoms with Crippen LogP contribution in [0.2, 0.25) is 0 Å². The number of ether oxygens (including phenoxy) is 1. The molecule has 0 aliphatic carbocycles. The molecule has 1 aliphatic heterocycles. The van der Waals surface area contributed by atoms with Crippen LogP contribution in [0.15, 0.2) is 30.3 Å². The zero-order valence-electron chi connectivity index (χ0n) is 15.4. The molecule has 146 valence electrons. The summed E-state index contributed by atoms with van der Waals surface area (Å²) in [6.45, 7) is 4.49. The first-order chi connectivity index (χ1) is 12.4. The van der Waals surface area contributed by atoms with Crippen LogP contribution in [-0.2, 0) is 19.7 Å². The minimum atomic E-state index is -3.75. The molecule has 1 amide bonds. The van der Waals surface area contributed by atoms with Crippen molar-refractivity contribution in [3.63, 3.8) is 0 Å². The first-order valence-corrected chi connectivity index (χ1v) is 10.1. The van der Waals surface area contributed by atoms with Crippen LogP contribution in [0.3, 0.4) is 0 Å². The van der Waals surface area contributed by atoms with Crippen molar-refractivity contribution in [2.75, 3.05) is 64.3 Å². The van der Waals surface area contributed by atoms with Crippen LogP contribution >= 0.6 is 0 Å². The summed E-state index contributed by atoms with van der Waals surface area (Å²) < 4.78 is 32.6. The second-order valence-corrected chi connectivity index (χ2v) is 8.36. The van der Waals surface area contributed by atoms with E-state index < -0.39 is 10.2 Å². The number of benzene rings is 1. The number of rotatable bonds is 9. The Hall–Kier alpha value is -1.68. The lowest BCUT2D eigenvalue weighted by Gasteiger charge is -2.27. The van der Waals surface area contributed by atoms with E-state index in [1.165, 1.54) is 14.1 Å². The van der Waals surface area contributed by atoms with Gasteiger partial charge in [-0.1, -0.05) is 18.2 Å². The highest BCUT2D eigenvalue weighted by Gasteiger charge is 2.27. The maximum atomic E-state index is 12.6. The standard InChI is InChI=1S/C17H28N4O4S/c1-19(2)26(23,24)21(16-7-4-3-5-8-16)15-17(22)18-9-6-10-20-11-13-25-14-12-20/h3-5,7-8H,6,9-15H2,1-2H3,(H,18,22). The van der Waals surface area contributed by atoms with E-state index in [9.17, 15) is 13.2 Å². The van der Waals surface area contributed by atoms with Crippen LogP contribution in [0.25, 0.3) is 0 Å². The van der Waals surface area contributed by atoms with Crippen molar-refractivity contribution in [3.05, 3.63) is 30.3 Å². The van der Waals surface area contributed by atoms with Gasteiger partial charge in [0.15, 0.2) is 0 Å². The van der Waals surface area contributed by atoms with Crippen molar-refractivity contribution in [2.45, 2.75) is 6.42 Å². The number of nitrogens with zero attached hydrogens (tertiary/aromatic N) is 3. The van der Waals surface area contributed by atoms with E-state index in [2.05, 4.69) is 10.2 Å². The predicted octanol–water partition coefficient (Wildman–Crippen LogP) is 0.138. The highest BCUT2D eigenvalue weighted by Crippen LogP contribution is 2.18. The SMILES string of the molecule is CN(C)S(=O)(=O)N(CC(=O)NCCCN1CCOCC1)c1ccccc1. The Morgan fingerprint density at radius 2 is 1.85 bits per heavy atom. The second kappa shape index (κ2) is 9.86. The molecule has 0 saturated carbocycles. The molecule has 1 N–H and O–H groups in total. The Labute approximate surface area is 155 Å². The van der Waals surface area contributed by atoms with Gasteiger partial charge in [0.05, 0.1) is 18.9 Å². The van der Waals surface area contributed by atoms with E-state index in [-0.39, 0.29) is 12.5 Å². The van der Waals surface area contributed by atoms with Crippen LogP contribution < -0.4 is 9.62 Å². The molecular formula is C17H28N4O4S. The first-order valence-electron chi connectivity index (χ1n) is 8.73. The number of hydrogen-bond acceptors (Lipinski definition) is 5. The van der Waals surface area contributed by atoms with Gasteiger partial charge in [-0.2, -0.15) is 12.7 Å². The monoisotopic (exact) mass is 384 g/mol. The van der Waals surface area contributed by atoms with Gasteiger partial charge in [-0.3, -0.25) is 9.69 Å². The average Bonchev–Trinajstić information content (AvgIpc) is 2.64. The number of carbonyl (C=O) groups is 1. The maximum absolute atomic E-state index is 12.6. The summed E-state index contributed by atoms with van der Waals surface area (Å²) in [7, 11) is -0.851. The van der Waals surface area contributed by atoms with E-state index in [1.54, 1.807) is 30.3 Å². The molecule has 1 saturated heterocycles. The normalized spacial score (nSPS) is 15.8. The molecule has 0 spiro atoms. The third kappa shape index (κ3) is 5.94. The Balaban J connectivity index is 1.88. The molecule has 26 heavy (non-hydrogen) atoms. The number of anilines is 1. The number of morpholine rings is 1. The van der Waals surface area contributed by atoms with Crippen LogP contribution in [0.4, 0.5) is 5.69 Å². The number of amides is 1. The van der Waals surface area contributed by atoms with Gasteiger partial charge in [0.25, 0.3) is 0 Å². The molecule has 0 atom stereocenters. The van der Waals surface area contributed by atoms with Gasteiger partial charge in [0.1, 0.15) is 6.54 Å². The summed E-state index contributed by atoms with van der Waals surface area (Å²) in [6.07, 6.45) is 0.817. The first kappa shape index (κ1) is 20.6. The zero-order chi connectivity index (χ0) is 19.0. The molecule has 0 bridgehead atoms. The third-order valence-corrected chi connectivity index (χ3v) is 5.97. The summed E-state index contributed by atoms with van der Waals surface area (Å²) in [4.78, 5) is 14.6. The van der Waals surface area contributed by atoms with Gasteiger partial charge in [-0.25, -0.2) is 4.31 Å². The highest BCUT2D eigenvalue weighted by molar-refractivity contribution is 7.90. The van der Waals surface area contributed by atoms with E-state index in [0.717, 1.165) is 47.9 Å². The molecule has 1 aromatic rings. The molecule has 9 heteroatoms. The molecule has 0 unspecified atom stereocenters. The van der Waals surface area contributed by atoms with Gasteiger partial charge in [-0.15, -0.1) is 0 Å². The van der Waals surface area contributed by atoms with Crippen molar-refractivity contribution in [1.29, 1.82) is 0 Å². The lowest BCUT2D eigenvalue weighted by Crippen LogP contribution is -2.46. The van der Waals surface area contributed by atoms with Gasteiger partial charge < -0.3 is 10.1 Å². The van der Waals surface area contributed by atoms with Crippen LogP contribution in [0.1, 0.15) is 6.42 Å². The Kier molecular flexibility index (Phi) is 7.83. The van der Waals surface area contributed by atoms with Crippen molar-refractivity contribution in [1.82, 2.24) is 14.5 Å². The molecule has 1 aromatic carbocycles. The third-order valence-electron chi connectivity index (χ3n) is 4.15. The molecule has 1 fully saturated rings. The summed E-state index contributed by atoms with van der Waals surface area (Å²) in [5.74, 6) is -0.318. The second-order valence-electron chi connectivity index (χ2n) is 6.29. The molecule has 8 nitrogen and oxygen atoms in total. The van der Waals surface area contributed by atoms with Gasteiger partial charge in [0.2, 0.25) is 5.91 Å². The van der Waals surface area contributed by atoms with Crippen LogP contribution in [-0.4, -0.2) is 83.6 Å². The van der Waals surface area contributed by atoms with Crippen LogP contribution in [0, 0.1) is 0 Å². The Bertz CT molecular complexity index is 661. The van der Waals surface area contributed by atoms with Crippen molar-refractivity contribution >= 4 is 21.8 Å². The van der Waals surface area contributed by atoms with E-state index >= 15 is 0 Å². The maximum Gasteiger partial charge on any atom is 0.304 e. The average molecular weight is 385 g/mol. The lowest BCUT2D eigenvalue weighted by atomic mass is 10.3. The van der Waals surface area contributed by atoms with Gasteiger partial charge in [0, 0.05) is 33.7 Å². The van der Waals surface area contributed by atoms with Gasteiger partial charge >= 0.3 is 10.2 Å². The summed E-state index contributed by atoms with van der Waals surface area (Å²) in [6, 6.07) is 8.64. The predicted molar refractivity (Wildman–Crippen MR) is 101 cm³/mol. The van der Waals surface area contributed by atoms with Gasteiger partial charge in [-0.05, 0) is 25.1 Å². The zero-order valence-corrected chi connectivity index (χ0v) is 16.2. The molecule has 1 heterocycles. The lowest BCUT2D eigenvalue weighted by molar-refractivity contribution is -0.119. The van der Waals surface area contributed by atoms with E-state index in [4.69, 9.17) is 4.74 Å². The number of nitrogens with one attached hydrogen (secondary N) is 1. The van der Waals surface area contributed by atoms with Crippen LogP contribution in [0.5, 0.6) is 0 Å². The van der Waals surface area contributed by atoms with Crippen molar-refractivity contribution in [3.8, 4) is 0 Å². The molecule has 2 rings (SSSR count). The van der Waals surface area contributed by atoms with Crippen molar-refractivity contribution in [2.24, 2.45) is 0 Å². The van der Waals surface area contributed by atoms with Crippen molar-refractivity contribution < 1.29 is 17.9 Å². The molecule has 1 aliphatic rings. The largest absolute Gasteiger partial charge is 0.379 e. The summed E-state index contributed by atoms with van der Waals surface area (Å²) >= 11 is 0. The highest BCUT2D eigenvalue weighted by atomic mass is 32.2. The molecular weight excluding hydrogens is 356 g/mol. The number of para-hydroxylation sites is 1. The Morgan fingerprint density at radius 1 is 1.19 bits per heavy atom. The van der Waals surface area contributed by atoms with E-state index in [1.807, 2.05) is 0 Å². The Morgan fingerprint density at radius 3 is 2.46 bits per heavy atom. The minimum absolute atomic E-state index is 0.248. The molecule has 0 aromatic heterocycles. The molecule has 0 radical (unpaired) electrons. The summed E-state index contributed by atoms with van der Waals surface area (Å²) in [5, 5.41) is 2.81. The minimum Gasteiger partial charge on any atom is -0.379 e. The fourth-order valence-electron chi connectivity index (χ4n) is 2.64. The quantitative estimate of drug-likeness (QED) is 0.613. The van der Waals surface area contributed by atoms with E-state index in [0.29, 0.717) is 12.2 Å². The number of carbonyl (C=O) groups excluding carboxylic acids is 1. The fraction of sp³-hybridized carbons (Fsp3) is 0.588. The smallest absolute Gasteiger partial charge is 0.304 e. The topological polar surface area (TPSA) is 82.2 Å². The fourth-order valence-corrected chi connectivity index (χ4v) is 3.70. The number of hydrogen-bond donors (Lipinski definition) is 1. The summed E-state index contributed by atoms with van der Waals surface area (Å²) in [5.41, 5.74) is 0.463.